The Hall–Kier alpha value is -2.51. The fourth-order valence-electron chi connectivity index (χ4n) is 2.05. The number of urea groups is 1. The Labute approximate surface area is 137 Å². The average molecular weight is 341 g/mol. The van der Waals surface area contributed by atoms with Crippen LogP contribution in [0.25, 0.3) is 0 Å². The molecule has 0 spiro atoms. The molecule has 130 valence electrons. The minimum Gasteiger partial charge on any atom is -0.335 e. The molecule has 24 heavy (non-hydrogen) atoms. The Morgan fingerprint density at radius 1 is 1.25 bits per heavy atom. The van der Waals surface area contributed by atoms with E-state index in [9.17, 15) is 22.8 Å². The number of carbonyl (C=O) groups is 2. The number of carbonyl (C=O) groups excluding carboxylic acids is 2. The van der Waals surface area contributed by atoms with Gasteiger partial charge >= 0.3 is 12.2 Å². The SMILES string of the molecule is C=CCN(CC(F)(F)F)C(=O)c1ccc(NC(=O)NC2CC2)cc1. The Morgan fingerprint density at radius 2 is 1.88 bits per heavy atom. The summed E-state index contributed by atoms with van der Waals surface area (Å²) in [5.74, 6) is -0.749. The second-order valence-electron chi connectivity index (χ2n) is 5.54. The van der Waals surface area contributed by atoms with Crippen molar-refractivity contribution in [2.24, 2.45) is 0 Å². The minimum absolute atomic E-state index is 0.106. The van der Waals surface area contributed by atoms with Crippen LogP contribution < -0.4 is 10.6 Å². The van der Waals surface area contributed by atoms with Gasteiger partial charge in [-0.2, -0.15) is 13.2 Å². The van der Waals surface area contributed by atoms with E-state index in [4.69, 9.17) is 0 Å². The molecule has 1 aromatic carbocycles. The van der Waals surface area contributed by atoms with Crippen molar-refractivity contribution in [3.8, 4) is 0 Å². The second kappa shape index (κ2) is 7.37. The molecule has 5 nitrogen and oxygen atoms in total. The van der Waals surface area contributed by atoms with Crippen LogP contribution in [-0.2, 0) is 0 Å². The van der Waals surface area contributed by atoms with Crippen LogP contribution in [-0.4, -0.2) is 42.1 Å². The number of hydrogen-bond acceptors (Lipinski definition) is 2. The van der Waals surface area contributed by atoms with Crippen LogP contribution in [0, 0.1) is 0 Å². The number of nitrogens with one attached hydrogen (secondary N) is 2. The molecule has 0 bridgehead atoms. The third-order valence-electron chi connectivity index (χ3n) is 3.31. The summed E-state index contributed by atoms with van der Waals surface area (Å²) in [6.07, 6.45) is -1.33. The largest absolute Gasteiger partial charge is 0.406 e. The van der Waals surface area contributed by atoms with Crippen molar-refractivity contribution >= 4 is 17.6 Å². The highest BCUT2D eigenvalue weighted by Gasteiger charge is 2.32. The van der Waals surface area contributed by atoms with E-state index in [1.165, 1.54) is 30.3 Å². The van der Waals surface area contributed by atoms with Gasteiger partial charge in [-0.1, -0.05) is 6.08 Å². The van der Waals surface area contributed by atoms with Crippen molar-refractivity contribution in [3.63, 3.8) is 0 Å². The Kier molecular flexibility index (Phi) is 5.48. The van der Waals surface area contributed by atoms with Gasteiger partial charge < -0.3 is 15.5 Å². The molecule has 2 N–H and O–H groups in total. The van der Waals surface area contributed by atoms with Crippen LogP contribution >= 0.6 is 0 Å². The molecular formula is C16H18F3N3O2. The maximum Gasteiger partial charge on any atom is 0.406 e. The molecule has 0 unspecified atom stereocenters. The van der Waals surface area contributed by atoms with E-state index in [1.807, 2.05) is 0 Å². The van der Waals surface area contributed by atoms with Gasteiger partial charge in [0.05, 0.1) is 0 Å². The molecule has 0 saturated heterocycles. The normalized spacial score (nSPS) is 14.0. The molecule has 0 heterocycles. The minimum atomic E-state index is -4.49. The van der Waals surface area contributed by atoms with Gasteiger partial charge in [0.15, 0.2) is 0 Å². The molecule has 0 atom stereocenters. The number of rotatable bonds is 6. The predicted octanol–water partition coefficient (Wildman–Crippen LogP) is 3.16. The molecule has 1 aliphatic rings. The van der Waals surface area contributed by atoms with Gasteiger partial charge in [0.2, 0.25) is 0 Å². The van der Waals surface area contributed by atoms with Gasteiger partial charge in [-0.3, -0.25) is 4.79 Å². The summed E-state index contributed by atoms with van der Waals surface area (Å²) in [5.41, 5.74) is 0.560. The van der Waals surface area contributed by atoms with E-state index in [-0.39, 0.29) is 24.2 Å². The van der Waals surface area contributed by atoms with Crippen molar-refractivity contribution in [2.75, 3.05) is 18.4 Å². The van der Waals surface area contributed by atoms with E-state index >= 15 is 0 Å². The van der Waals surface area contributed by atoms with Gasteiger partial charge in [-0.25, -0.2) is 4.79 Å². The predicted molar refractivity (Wildman–Crippen MR) is 83.8 cm³/mol. The summed E-state index contributed by atoms with van der Waals surface area (Å²) in [6.45, 7) is 1.81. The van der Waals surface area contributed by atoms with E-state index in [2.05, 4.69) is 17.2 Å². The summed E-state index contributed by atoms with van der Waals surface area (Å²) >= 11 is 0. The van der Waals surface area contributed by atoms with Crippen LogP contribution in [0.1, 0.15) is 23.2 Å². The van der Waals surface area contributed by atoms with Crippen LogP contribution in [0.2, 0.25) is 0 Å². The maximum atomic E-state index is 12.5. The Balaban J connectivity index is 2.00. The molecule has 0 aromatic heterocycles. The molecule has 1 fully saturated rings. The quantitative estimate of drug-likeness (QED) is 0.781. The molecule has 1 saturated carbocycles. The molecule has 8 heteroatoms. The Morgan fingerprint density at radius 3 is 2.38 bits per heavy atom. The van der Waals surface area contributed by atoms with E-state index < -0.39 is 18.6 Å². The standard InChI is InChI=1S/C16H18F3N3O2/c1-2-9-22(10-16(17,18)19)14(23)11-3-5-12(6-4-11)20-15(24)21-13-7-8-13/h2-6,13H,1,7-10H2,(H2,20,21,24). The summed E-state index contributed by atoms with van der Waals surface area (Å²) in [6, 6.07) is 5.56. The highest BCUT2D eigenvalue weighted by molar-refractivity contribution is 5.95. The fraction of sp³-hybridized carbons (Fsp3) is 0.375. The third-order valence-corrected chi connectivity index (χ3v) is 3.31. The molecule has 0 radical (unpaired) electrons. The number of hydrogen-bond donors (Lipinski definition) is 2. The maximum absolute atomic E-state index is 12.5. The van der Waals surface area contributed by atoms with Crippen molar-refractivity contribution in [2.45, 2.75) is 25.1 Å². The van der Waals surface area contributed by atoms with E-state index in [0.717, 1.165) is 12.8 Å². The number of benzene rings is 1. The lowest BCUT2D eigenvalue weighted by Gasteiger charge is -2.22. The average Bonchev–Trinajstić information content (AvgIpc) is 3.29. The summed E-state index contributed by atoms with van der Waals surface area (Å²) in [7, 11) is 0. The first-order valence-corrected chi connectivity index (χ1v) is 7.43. The van der Waals surface area contributed by atoms with Crippen molar-refractivity contribution in [1.29, 1.82) is 0 Å². The van der Waals surface area contributed by atoms with Gasteiger partial charge in [0.1, 0.15) is 6.54 Å². The van der Waals surface area contributed by atoms with Gasteiger partial charge in [-0.15, -0.1) is 6.58 Å². The summed E-state index contributed by atoms with van der Waals surface area (Å²) in [5, 5.41) is 5.34. The molecule has 3 amide bonds. The summed E-state index contributed by atoms with van der Waals surface area (Å²) < 4.78 is 37.6. The van der Waals surface area contributed by atoms with Crippen LogP contribution in [0.5, 0.6) is 0 Å². The fourth-order valence-corrected chi connectivity index (χ4v) is 2.05. The number of amides is 3. The molecule has 0 aliphatic heterocycles. The second-order valence-corrected chi connectivity index (χ2v) is 5.54. The lowest BCUT2D eigenvalue weighted by atomic mass is 10.1. The van der Waals surface area contributed by atoms with Crippen molar-refractivity contribution in [1.82, 2.24) is 10.2 Å². The number of nitrogens with zero attached hydrogens (tertiary/aromatic N) is 1. The number of anilines is 1. The topological polar surface area (TPSA) is 61.4 Å². The smallest absolute Gasteiger partial charge is 0.335 e. The first-order chi connectivity index (χ1) is 11.3. The zero-order chi connectivity index (χ0) is 17.7. The van der Waals surface area contributed by atoms with E-state index in [0.29, 0.717) is 10.6 Å². The first kappa shape index (κ1) is 17.8. The monoisotopic (exact) mass is 341 g/mol. The number of halogens is 3. The summed E-state index contributed by atoms with van der Waals surface area (Å²) in [4.78, 5) is 24.4. The molecule has 2 rings (SSSR count). The molecule has 1 aliphatic carbocycles. The van der Waals surface area contributed by atoms with Crippen LogP contribution in [0.4, 0.5) is 23.7 Å². The van der Waals surface area contributed by atoms with Crippen LogP contribution in [0.15, 0.2) is 36.9 Å². The van der Waals surface area contributed by atoms with Crippen molar-refractivity contribution in [3.05, 3.63) is 42.5 Å². The molecule has 1 aromatic rings. The van der Waals surface area contributed by atoms with Gasteiger partial charge in [0, 0.05) is 23.8 Å². The van der Waals surface area contributed by atoms with E-state index in [1.54, 1.807) is 0 Å². The lowest BCUT2D eigenvalue weighted by Crippen LogP contribution is -2.39. The van der Waals surface area contributed by atoms with Gasteiger partial charge in [-0.05, 0) is 37.1 Å². The van der Waals surface area contributed by atoms with Crippen molar-refractivity contribution < 1.29 is 22.8 Å². The Bertz CT molecular complexity index is 610. The highest BCUT2D eigenvalue weighted by Crippen LogP contribution is 2.20. The lowest BCUT2D eigenvalue weighted by molar-refractivity contribution is -0.139. The molecular weight excluding hydrogens is 323 g/mol. The zero-order valence-corrected chi connectivity index (χ0v) is 12.9. The van der Waals surface area contributed by atoms with Crippen LogP contribution in [0.3, 0.4) is 0 Å². The highest BCUT2D eigenvalue weighted by atomic mass is 19.4. The zero-order valence-electron chi connectivity index (χ0n) is 12.9. The number of alkyl halides is 3. The first-order valence-electron chi connectivity index (χ1n) is 7.43. The third kappa shape index (κ3) is 5.60. The van der Waals surface area contributed by atoms with Gasteiger partial charge in [0.25, 0.3) is 5.91 Å².